The Bertz CT molecular complexity index is 2840. The van der Waals surface area contributed by atoms with Crippen LogP contribution < -0.4 is 19.7 Å². The maximum atomic E-state index is 14.0. The number of aromatic amines is 1. The fourth-order valence-electron chi connectivity index (χ4n) is 9.97. The van der Waals surface area contributed by atoms with Crippen molar-refractivity contribution in [3.05, 3.63) is 104 Å². The van der Waals surface area contributed by atoms with E-state index in [1.54, 1.807) is 30.5 Å². The van der Waals surface area contributed by atoms with Crippen LogP contribution in [0.3, 0.4) is 0 Å². The van der Waals surface area contributed by atoms with Crippen LogP contribution in [-0.4, -0.2) is 155 Å². The first-order valence-electron chi connectivity index (χ1n) is 24.2. The molecule has 20 heteroatoms. The standard InChI is InChI=1S/C50H61N9O9S2/c1-50(2)9-7-36(43(25-50)47-21-34(33-69-47)28-55-11-17-58(18-12-55)38-30-66-31-38)29-56-13-15-57(16-14-56)37-3-5-42(46(23-37)68-39-22-35-8-10-51-48(35)53-26-39)49(60)54-70(63,64)41-4-6-44(45(24-41)59(61)62)52-27-40-32-65-19-20-67-40/h3-6,8,10,21-24,26,33,38,40,52H,7,9,11-20,25,27-32H2,1-2H3,(H,51,53)(H,54,60)/t40-/m0/s1. The minimum atomic E-state index is -4.59. The van der Waals surface area contributed by atoms with Crippen molar-refractivity contribution in [3.8, 4) is 11.5 Å². The summed E-state index contributed by atoms with van der Waals surface area (Å²) in [6.07, 6.45) is 6.28. The van der Waals surface area contributed by atoms with Gasteiger partial charge in [0.25, 0.3) is 21.6 Å². The van der Waals surface area contributed by atoms with Gasteiger partial charge < -0.3 is 34.1 Å². The number of pyridine rings is 1. The van der Waals surface area contributed by atoms with Crippen LogP contribution in [0.4, 0.5) is 17.1 Å². The van der Waals surface area contributed by atoms with Crippen molar-refractivity contribution in [1.82, 2.24) is 29.4 Å². The molecule has 18 nitrogen and oxygen atoms in total. The average molecular weight is 996 g/mol. The third kappa shape index (κ3) is 11.2. The third-order valence-corrected chi connectivity index (χ3v) is 16.5. The number of nitro benzene ring substituents is 1. The Morgan fingerprint density at radius 3 is 2.51 bits per heavy atom. The van der Waals surface area contributed by atoms with Crippen molar-refractivity contribution < 1.29 is 37.1 Å². The number of allylic oxidation sites excluding steroid dienone is 1. The molecule has 0 radical (unpaired) electrons. The van der Waals surface area contributed by atoms with E-state index in [0.29, 0.717) is 37.3 Å². The fraction of sp³-hybridized carbons (Fsp3) is 0.480. The van der Waals surface area contributed by atoms with E-state index < -0.39 is 31.4 Å². The molecular formula is C50H61N9O9S2. The van der Waals surface area contributed by atoms with Gasteiger partial charge in [0.15, 0.2) is 0 Å². The zero-order chi connectivity index (χ0) is 48.4. The summed E-state index contributed by atoms with van der Waals surface area (Å²) in [6, 6.07) is 15.2. The zero-order valence-electron chi connectivity index (χ0n) is 39.7. The second kappa shape index (κ2) is 20.7. The molecule has 1 amide bonds. The summed E-state index contributed by atoms with van der Waals surface area (Å²) in [7, 11) is -4.59. The first-order valence-corrected chi connectivity index (χ1v) is 26.5. The number of aromatic nitrogens is 2. The van der Waals surface area contributed by atoms with Gasteiger partial charge >= 0.3 is 0 Å². The van der Waals surface area contributed by atoms with E-state index in [2.05, 4.69) is 64.9 Å². The SMILES string of the molecule is CC1(C)CCC(CN2CCN(c3ccc(C(=O)NS(=O)(=O)c4ccc(NC[C@H]5COCCO5)c([N+](=O)[O-])c4)c(Oc4cnc5[nH]ccc5c4)c3)CC2)=C(c2cc(CN3CCN(C4COC4)CC3)cs2)C1. The van der Waals surface area contributed by atoms with Crippen LogP contribution in [0.5, 0.6) is 11.5 Å². The Hall–Kier alpha value is -5.45. The number of fused-ring (bicyclic) bond motifs is 1. The van der Waals surface area contributed by atoms with Crippen LogP contribution in [0.1, 0.15) is 53.9 Å². The van der Waals surface area contributed by atoms with Crippen molar-refractivity contribution in [2.45, 2.75) is 56.7 Å². The highest BCUT2D eigenvalue weighted by atomic mass is 32.2. The number of piperazine rings is 2. The van der Waals surface area contributed by atoms with Crippen molar-refractivity contribution >= 4 is 60.9 Å². The lowest BCUT2D eigenvalue weighted by Crippen LogP contribution is -2.56. The van der Waals surface area contributed by atoms with Gasteiger partial charge in [-0.25, -0.2) is 18.1 Å². The van der Waals surface area contributed by atoms with Crippen LogP contribution in [0.25, 0.3) is 16.6 Å². The van der Waals surface area contributed by atoms with E-state index in [-0.39, 0.29) is 35.1 Å². The number of thiophene rings is 1. The van der Waals surface area contributed by atoms with Gasteiger partial charge in [0.1, 0.15) is 22.8 Å². The summed E-state index contributed by atoms with van der Waals surface area (Å²) in [5, 5.41) is 18.2. The molecule has 5 aliphatic rings. The predicted molar refractivity (Wildman–Crippen MR) is 268 cm³/mol. The highest BCUT2D eigenvalue weighted by Crippen LogP contribution is 2.45. The lowest BCUT2D eigenvalue weighted by molar-refractivity contribution is -0.384. The van der Waals surface area contributed by atoms with Gasteiger partial charge in [-0.05, 0) is 83.7 Å². The lowest BCUT2D eigenvalue weighted by Gasteiger charge is -2.42. The Morgan fingerprint density at radius 1 is 0.957 bits per heavy atom. The van der Waals surface area contributed by atoms with Crippen molar-refractivity contribution in [2.75, 3.05) is 109 Å². The van der Waals surface area contributed by atoms with Gasteiger partial charge in [0, 0.05) is 106 Å². The number of nitrogens with zero attached hydrogens (tertiary/aromatic N) is 6. The molecule has 4 fully saturated rings. The van der Waals surface area contributed by atoms with Crippen LogP contribution in [0, 0.1) is 15.5 Å². The number of nitrogens with one attached hydrogen (secondary N) is 3. The number of rotatable bonds is 16. The summed E-state index contributed by atoms with van der Waals surface area (Å²) in [5.74, 6) is -0.480. The molecule has 3 aromatic heterocycles. The average Bonchev–Trinajstić information content (AvgIpc) is 4.01. The third-order valence-electron chi connectivity index (χ3n) is 14.2. The maximum absolute atomic E-state index is 14.0. The molecule has 0 saturated carbocycles. The van der Waals surface area contributed by atoms with Crippen LogP contribution in [-0.2, 0) is 30.8 Å². The number of hydrogen-bond acceptors (Lipinski definition) is 16. The summed E-state index contributed by atoms with van der Waals surface area (Å²) < 4.78 is 52.4. The predicted octanol–water partition coefficient (Wildman–Crippen LogP) is 6.57. The van der Waals surface area contributed by atoms with Gasteiger partial charge in [0.2, 0.25) is 0 Å². The van der Waals surface area contributed by atoms with Crippen molar-refractivity contribution in [3.63, 3.8) is 0 Å². The molecule has 0 bridgehead atoms. The Kier molecular flexibility index (Phi) is 14.3. The monoisotopic (exact) mass is 995 g/mol. The number of anilines is 2. The number of ether oxygens (including phenoxy) is 4. The van der Waals surface area contributed by atoms with Gasteiger partial charge in [-0.1, -0.05) is 19.4 Å². The molecular weight excluding hydrogens is 935 g/mol. The Morgan fingerprint density at radius 2 is 1.76 bits per heavy atom. The largest absolute Gasteiger partial charge is 0.455 e. The second-order valence-electron chi connectivity index (χ2n) is 19.7. The first-order chi connectivity index (χ1) is 33.8. The van der Waals surface area contributed by atoms with Crippen molar-refractivity contribution in [2.24, 2.45) is 5.41 Å². The van der Waals surface area contributed by atoms with E-state index >= 15 is 0 Å². The number of nitro groups is 1. The van der Waals surface area contributed by atoms with Crippen LogP contribution in [0.2, 0.25) is 0 Å². The number of amides is 1. The molecule has 5 aromatic rings. The van der Waals surface area contributed by atoms with Gasteiger partial charge in [0.05, 0.1) is 66.8 Å². The second-order valence-corrected chi connectivity index (χ2v) is 22.3. The van der Waals surface area contributed by atoms with E-state index in [0.717, 1.165) is 115 Å². The van der Waals surface area contributed by atoms with Crippen LogP contribution in [0.15, 0.2) is 82.8 Å². The minimum absolute atomic E-state index is 0.0407. The molecule has 0 unspecified atom stereocenters. The molecule has 4 aliphatic heterocycles. The Labute approximate surface area is 412 Å². The summed E-state index contributed by atoms with van der Waals surface area (Å²) in [4.78, 5) is 43.9. The van der Waals surface area contributed by atoms with Gasteiger partial charge in [-0.2, -0.15) is 0 Å². The Balaban J connectivity index is 0.825. The normalized spacial score (nSPS) is 20.9. The molecule has 70 heavy (non-hydrogen) atoms. The smallest absolute Gasteiger partial charge is 0.293 e. The molecule has 2 aromatic carbocycles. The lowest BCUT2D eigenvalue weighted by atomic mass is 9.73. The number of benzene rings is 2. The van der Waals surface area contributed by atoms with Gasteiger partial charge in [-0.3, -0.25) is 29.6 Å². The van der Waals surface area contributed by atoms with Gasteiger partial charge in [-0.15, -0.1) is 11.3 Å². The zero-order valence-corrected chi connectivity index (χ0v) is 41.3. The van der Waals surface area contributed by atoms with E-state index in [4.69, 9.17) is 18.9 Å². The van der Waals surface area contributed by atoms with E-state index in [9.17, 15) is 23.3 Å². The minimum Gasteiger partial charge on any atom is -0.455 e. The number of carbonyl (C=O) groups excluding carboxylic acids is 1. The molecule has 372 valence electrons. The topological polar surface area (TPSA) is 197 Å². The molecule has 3 N–H and O–H groups in total. The van der Waals surface area contributed by atoms with Crippen LogP contribution >= 0.6 is 11.3 Å². The van der Waals surface area contributed by atoms with E-state index in [1.807, 2.05) is 17.4 Å². The number of H-pyrrole nitrogens is 1. The highest BCUT2D eigenvalue weighted by molar-refractivity contribution is 7.90. The number of sulfonamides is 1. The van der Waals surface area contributed by atoms with Crippen molar-refractivity contribution in [1.29, 1.82) is 0 Å². The molecule has 1 aliphatic carbocycles. The summed E-state index contributed by atoms with van der Waals surface area (Å²) >= 11 is 1.89. The molecule has 10 rings (SSSR count). The maximum Gasteiger partial charge on any atom is 0.293 e. The molecule has 7 heterocycles. The molecule has 0 spiro atoms. The van der Waals surface area contributed by atoms with E-state index in [1.165, 1.54) is 39.9 Å². The quantitative estimate of drug-likeness (QED) is 0.0708. The molecule has 1 atom stereocenters. The number of carbonyl (C=O) groups is 1. The first kappa shape index (κ1) is 48.2. The number of hydrogen-bond donors (Lipinski definition) is 3. The summed E-state index contributed by atoms with van der Waals surface area (Å²) in [5.41, 5.74) is 5.76. The summed E-state index contributed by atoms with van der Waals surface area (Å²) in [6.45, 7) is 17.4. The highest BCUT2D eigenvalue weighted by Gasteiger charge is 2.33. The fourth-order valence-corrected chi connectivity index (χ4v) is 12.0. The molecule has 4 saturated heterocycles.